The average Bonchev–Trinajstić information content (AvgIpc) is 3.26. The molecule has 0 spiro atoms. The van der Waals surface area contributed by atoms with Crippen molar-refractivity contribution in [1.29, 1.82) is 0 Å². The van der Waals surface area contributed by atoms with Crippen molar-refractivity contribution in [1.82, 2.24) is 19.8 Å². The van der Waals surface area contributed by atoms with Gasteiger partial charge in [-0.1, -0.05) is 6.92 Å². The van der Waals surface area contributed by atoms with Crippen LogP contribution >= 0.6 is 0 Å². The molecule has 3 heterocycles. The highest BCUT2D eigenvalue weighted by Crippen LogP contribution is 2.19. The van der Waals surface area contributed by atoms with E-state index in [1.165, 1.54) is 12.8 Å². The zero-order valence-corrected chi connectivity index (χ0v) is 16.0. The molecule has 27 heavy (non-hydrogen) atoms. The summed E-state index contributed by atoms with van der Waals surface area (Å²) in [5.74, 6) is 0.961. The van der Waals surface area contributed by atoms with Gasteiger partial charge in [0.25, 0.3) is 0 Å². The van der Waals surface area contributed by atoms with Gasteiger partial charge in [0, 0.05) is 38.3 Å². The number of urea groups is 1. The summed E-state index contributed by atoms with van der Waals surface area (Å²) in [7, 11) is 0. The maximum Gasteiger partial charge on any atom is 0.321 e. The number of rotatable bonds is 4. The Labute approximate surface area is 160 Å². The van der Waals surface area contributed by atoms with Crippen LogP contribution in [0.15, 0.2) is 18.2 Å². The van der Waals surface area contributed by atoms with E-state index in [0.29, 0.717) is 6.54 Å². The quantitative estimate of drug-likeness (QED) is 0.867. The Kier molecular flexibility index (Phi) is 5.59. The zero-order chi connectivity index (χ0) is 18.6. The van der Waals surface area contributed by atoms with Gasteiger partial charge in [0.05, 0.1) is 17.1 Å². The highest BCUT2D eigenvalue weighted by atomic mass is 16.5. The fourth-order valence-electron chi connectivity index (χ4n) is 3.95. The number of aromatic amines is 1. The molecular formula is C20H29N5O2. The van der Waals surface area contributed by atoms with Crippen molar-refractivity contribution in [2.24, 2.45) is 0 Å². The van der Waals surface area contributed by atoms with Crippen molar-refractivity contribution in [3.8, 4) is 0 Å². The van der Waals surface area contributed by atoms with Crippen molar-refractivity contribution in [3.63, 3.8) is 0 Å². The number of hydrogen-bond donors (Lipinski definition) is 2. The van der Waals surface area contributed by atoms with Gasteiger partial charge in [-0.05, 0) is 50.6 Å². The van der Waals surface area contributed by atoms with Gasteiger partial charge < -0.3 is 24.8 Å². The van der Waals surface area contributed by atoms with E-state index in [1.54, 1.807) is 0 Å². The molecule has 7 nitrogen and oxygen atoms in total. The van der Waals surface area contributed by atoms with Crippen LogP contribution in [0.3, 0.4) is 0 Å². The summed E-state index contributed by atoms with van der Waals surface area (Å²) in [6.07, 6.45) is 4.38. The minimum absolute atomic E-state index is 0.0542. The molecule has 0 bridgehead atoms. The Morgan fingerprint density at radius 3 is 2.96 bits per heavy atom. The molecule has 2 N–H and O–H groups in total. The molecule has 4 rings (SSSR count). The summed E-state index contributed by atoms with van der Waals surface area (Å²) < 4.78 is 5.99. The highest BCUT2D eigenvalue weighted by Gasteiger charge is 2.25. The Bertz CT molecular complexity index is 784. The lowest BCUT2D eigenvalue weighted by atomic mass is 10.2. The van der Waals surface area contributed by atoms with E-state index in [2.05, 4.69) is 27.1 Å². The molecule has 2 aromatic rings. The number of hydrogen-bond acceptors (Lipinski definition) is 4. The van der Waals surface area contributed by atoms with Crippen LogP contribution in [0.4, 0.5) is 10.5 Å². The third kappa shape index (κ3) is 4.42. The summed E-state index contributed by atoms with van der Waals surface area (Å²) in [4.78, 5) is 25.0. The third-order valence-corrected chi connectivity index (χ3v) is 5.41. The Balaban J connectivity index is 1.39. The first-order chi connectivity index (χ1) is 13.2. The monoisotopic (exact) mass is 371 g/mol. The standard InChI is InChI=1S/C20H29N5O2/c1-2-19-22-17-7-6-15(12-18(17)23-19)21-20(26)25-10-5-11-27-16(14-25)13-24-8-3-4-9-24/h6-7,12,16H,2-5,8-11,13-14H2,1H3,(H,21,26)(H,22,23). The third-order valence-electron chi connectivity index (χ3n) is 5.41. The zero-order valence-electron chi connectivity index (χ0n) is 16.0. The smallest absolute Gasteiger partial charge is 0.321 e. The van der Waals surface area contributed by atoms with E-state index >= 15 is 0 Å². The highest BCUT2D eigenvalue weighted by molar-refractivity contribution is 5.92. The first-order valence-corrected chi connectivity index (χ1v) is 10.1. The van der Waals surface area contributed by atoms with Crippen LogP contribution in [0.25, 0.3) is 11.0 Å². The lowest BCUT2D eigenvalue weighted by Gasteiger charge is -2.27. The number of ether oxygens (including phenoxy) is 1. The SMILES string of the molecule is CCc1nc2ccc(NC(=O)N3CCCOC(CN4CCCC4)C3)cc2[nH]1. The van der Waals surface area contributed by atoms with Gasteiger partial charge in [-0.25, -0.2) is 9.78 Å². The van der Waals surface area contributed by atoms with Gasteiger partial charge in [-0.3, -0.25) is 0 Å². The van der Waals surface area contributed by atoms with Crippen molar-refractivity contribution in [2.45, 2.75) is 38.7 Å². The van der Waals surface area contributed by atoms with E-state index in [4.69, 9.17) is 4.74 Å². The Hall–Kier alpha value is -2.12. The average molecular weight is 371 g/mol. The van der Waals surface area contributed by atoms with Gasteiger partial charge in [0.1, 0.15) is 5.82 Å². The van der Waals surface area contributed by atoms with E-state index in [1.807, 2.05) is 23.1 Å². The summed E-state index contributed by atoms with van der Waals surface area (Å²) in [5.41, 5.74) is 2.68. The molecule has 2 amide bonds. The number of anilines is 1. The molecule has 2 aliphatic heterocycles. The maximum atomic E-state index is 12.8. The van der Waals surface area contributed by atoms with Gasteiger partial charge in [0.15, 0.2) is 0 Å². The van der Waals surface area contributed by atoms with Crippen molar-refractivity contribution >= 4 is 22.8 Å². The van der Waals surface area contributed by atoms with E-state index in [-0.39, 0.29) is 12.1 Å². The van der Waals surface area contributed by atoms with Crippen LogP contribution in [0.1, 0.15) is 32.0 Å². The summed E-state index contributed by atoms with van der Waals surface area (Å²) in [6, 6.07) is 5.76. The first-order valence-electron chi connectivity index (χ1n) is 10.1. The second-order valence-electron chi connectivity index (χ2n) is 7.50. The molecule has 1 atom stereocenters. The molecule has 0 radical (unpaired) electrons. The molecule has 146 valence electrons. The lowest BCUT2D eigenvalue weighted by molar-refractivity contribution is 0.0355. The molecule has 2 saturated heterocycles. The lowest BCUT2D eigenvalue weighted by Crippen LogP contribution is -2.43. The number of imidazole rings is 1. The van der Waals surface area contributed by atoms with Crippen LogP contribution in [-0.4, -0.2) is 71.2 Å². The molecule has 1 unspecified atom stereocenters. The number of H-pyrrole nitrogens is 1. The topological polar surface area (TPSA) is 73.5 Å². The van der Waals surface area contributed by atoms with Gasteiger partial charge in [-0.2, -0.15) is 0 Å². The molecule has 2 fully saturated rings. The van der Waals surface area contributed by atoms with Crippen molar-refractivity contribution in [3.05, 3.63) is 24.0 Å². The number of benzene rings is 1. The second-order valence-corrected chi connectivity index (χ2v) is 7.50. The predicted octanol–water partition coefficient (Wildman–Crippen LogP) is 2.84. The summed E-state index contributed by atoms with van der Waals surface area (Å²) >= 11 is 0. The van der Waals surface area contributed by atoms with Gasteiger partial charge in [-0.15, -0.1) is 0 Å². The Morgan fingerprint density at radius 1 is 1.30 bits per heavy atom. The number of aryl methyl sites for hydroxylation is 1. The molecule has 0 aliphatic carbocycles. The maximum absolute atomic E-state index is 12.8. The Morgan fingerprint density at radius 2 is 2.15 bits per heavy atom. The molecule has 7 heteroatoms. The van der Waals surface area contributed by atoms with Gasteiger partial charge >= 0.3 is 6.03 Å². The molecule has 0 saturated carbocycles. The number of fused-ring (bicyclic) bond motifs is 1. The molecule has 1 aromatic heterocycles. The minimum Gasteiger partial charge on any atom is -0.375 e. The van der Waals surface area contributed by atoms with Crippen LogP contribution in [0, 0.1) is 0 Å². The van der Waals surface area contributed by atoms with Crippen molar-refractivity contribution in [2.75, 3.05) is 44.6 Å². The summed E-state index contributed by atoms with van der Waals surface area (Å²) in [5, 5.41) is 3.04. The fourth-order valence-corrected chi connectivity index (χ4v) is 3.95. The number of aromatic nitrogens is 2. The largest absolute Gasteiger partial charge is 0.375 e. The molecule has 2 aliphatic rings. The van der Waals surface area contributed by atoms with Crippen LogP contribution in [0.5, 0.6) is 0 Å². The number of nitrogens with one attached hydrogen (secondary N) is 2. The van der Waals surface area contributed by atoms with E-state index in [9.17, 15) is 4.79 Å². The number of likely N-dealkylation sites (tertiary alicyclic amines) is 1. The number of amides is 2. The minimum atomic E-state index is -0.0542. The number of carbonyl (C=O) groups is 1. The van der Waals surface area contributed by atoms with E-state index in [0.717, 1.165) is 68.2 Å². The van der Waals surface area contributed by atoms with Gasteiger partial charge in [0.2, 0.25) is 0 Å². The van der Waals surface area contributed by atoms with Crippen LogP contribution in [0.2, 0.25) is 0 Å². The number of carbonyl (C=O) groups excluding carboxylic acids is 1. The normalized spacial score (nSPS) is 21.5. The predicted molar refractivity (Wildman–Crippen MR) is 106 cm³/mol. The summed E-state index contributed by atoms with van der Waals surface area (Å²) in [6.45, 7) is 7.39. The van der Waals surface area contributed by atoms with Crippen molar-refractivity contribution < 1.29 is 9.53 Å². The van der Waals surface area contributed by atoms with Crippen LogP contribution < -0.4 is 5.32 Å². The molecule has 1 aromatic carbocycles. The first kappa shape index (κ1) is 18.3. The number of nitrogens with zero attached hydrogens (tertiary/aromatic N) is 3. The van der Waals surface area contributed by atoms with Crippen LogP contribution in [-0.2, 0) is 11.2 Å². The fraction of sp³-hybridized carbons (Fsp3) is 0.600. The van der Waals surface area contributed by atoms with E-state index < -0.39 is 0 Å². The second kappa shape index (κ2) is 8.27. The molecular weight excluding hydrogens is 342 g/mol.